The lowest BCUT2D eigenvalue weighted by Crippen LogP contribution is -2.32. The average Bonchev–Trinajstić information content (AvgIpc) is 2.52. The third-order valence-electron chi connectivity index (χ3n) is 3.59. The molecule has 0 aromatic heterocycles. The van der Waals surface area contributed by atoms with Crippen LogP contribution in [0.1, 0.15) is 18.4 Å². The highest BCUT2D eigenvalue weighted by Crippen LogP contribution is 2.39. The molecule has 20 heavy (non-hydrogen) atoms. The molecule has 112 valence electrons. The van der Waals surface area contributed by atoms with Gasteiger partial charge in [-0.2, -0.15) is 11.8 Å². The highest BCUT2D eigenvalue weighted by Gasteiger charge is 2.18. The fourth-order valence-corrected chi connectivity index (χ4v) is 3.56. The van der Waals surface area contributed by atoms with Crippen LogP contribution in [0.3, 0.4) is 0 Å². The number of benzene rings is 1. The minimum atomic E-state index is 0.606. The van der Waals surface area contributed by atoms with Crippen LogP contribution in [-0.4, -0.2) is 38.9 Å². The van der Waals surface area contributed by atoms with E-state index in [1.54, 1.807) is 21.3 Å². The molecule has 2 rings (SSSR count). The molecule has 4 nitrogen and oxygen atoms in total. The summed E-state index contributed by atoms with van der Waals surface area (Å²) in [6.07, 6.45) is 2.47. The number of methoxy groups -OCH3 is 3. The van der Waals surface area contributed by atoms with Crippen LogP contribution >= 0.6 is 11.8 Å². The van der Waals surface area contributed by atoms with E-state index in [1.807, 2.05) is 23.9 Å². The summed E-state index contributed by atoms with van der Waals surface area (Å²) < 4.78 is 16.2. The minimum Gasteiger partial charge on any atom is -0.493 e. The number of hydrogen-bond acceptors (Lipinski definition) is 5. The molecule has 0 spiro atoms. The second kappa shape index (κ2) is 7.64. The van der Waals surface area contributed by atoms with Crippen LogP contribution in [0, 0.1) is 0 Å². The smallest absolute Gasteiger partial charge is 0.203 e. The number of ether oxygens (including phenoxy) is 3. The molecule has 1 aliphatic rings. The summed E-state index contributed by atoms with van der Waals surface area (Å²) in [6.45, 7) is 0.791. The number of rotatable bonds is 6. The third kappa shape index (κ3) is 3.52. The zero-order valence-corrected chi connectivity index (χ0v) is 13.2. The summed E-state index contributed by atoms with van der Waals surface area (Å²) in [4.78, 5) is 0. The van der Waals surface area contributed by atoms with Crippen molar-refractivity contribution in [1.82, 2.24) is 5.32 Å². The highest BCUT2D eigenvalue weighted by molar-refractivity contribution is 7.99. The van der Waals surface area contributed by atoms with E-state index in [9.17, 15) is 0 Å². The van der Waals surface area contributed by atoms with E-state index in [4.69, 9.17) is 14.2 Å². The first-order valence-corrected chi connectivity index (χ1v) is 8.04. The van der Waals surface area contributed by atoms with Crippen LogP contribution in [0.5, 0.6) is 17.2 Å². The zero-order valence-electron chi connectivity index (χ0n) is 12.4. The van der Waals surface area contributed by atoms with Crippen LogP contribution in [-0.2, 0) is 6.54 Å². The maximum absolute atomic E-state index is 5.50. The van der Waals surface area contributed by atoms with Gasteiger partial charge in [-0.1, -0.05) is 6.07 Å². The summed E-state index contributed by atoms with van der Waals surface area (Å²) in [5.41, 5.74) is 1.10. The van der Waals surface area contributed by atoms with E-state index in [0.717, 1.165) is 17.9 Å². The van der Waals surface area contributed by atoms with Gasteiger partial charge in [0.1, 0.15) is 0 Å². The van der Waals surface area contributed by atoms with Crippen molar-refractivity contribution >= 4 is 11.8 Å². The third-order valence-corrected chi connectivity index (χ3v) is 4.64. The molecule has 5 heteroatoms. The maximum atomic E-state index is 5.50. The largest absolute Gasteiger partial charge is 0.493 e. The van der Waals surface area contributed by atoms with Crippen molar-refractivity contribution in [3.8, 4) is 17.2 Å². The fraction of sp³-hybridized carbons (Fsp3) is 0.600. The second-order valence-electron chi connectivity index (χ2n) is 4.76. The maximum Gasteiger partial charge on any atom is 0.203 e. The molecular formula is C15H23NO3S. The topological polar surface area (TPSA) is 39.7 Å². The van der Waals surface area contributed by atoms with Gasteiger partial charge < -0.3 is 19.5 Å². The van der Waals surface area contributed by atoms with Crippen molar-refractivity contribution in [3.63, 3.8) is 0 Å². The van der Waals surface area contributed by atoms with Gasteiger partial charge in [-0.3, -0.25) is 0 Å². The van der Waals surface area contributed by atoms with Crippen LogP contribution in [0.15, 0.2) is 12.1 Å². The molecule has 0 bridgehead atoms. The Kier molecular flexibility index (Phi) is 5.86. The summed E-state index contributed by atoms with van der Waals surface area (Å²) in [5.74, 6) is 4.61. The van der Waals surface area contributed by atoms with E-state index in [2.05, 4.69) is 5.32 Å². The predicted octanol–water partition coefficient (Wildman–Crippen LogP) is 2.70. The van der Waals surface area contributed by atoms with Gasteiger partial charge in [-0.25, -0.2) is 0 Å². The lowest BCUT2D eigenvalue weighted by molar-refractivity contribution is 0.321. The molecule has 1 heterocycles. The number of hydrogen-bond donors (Lipinski definition) is 1. The van der Waals surface area contributed by atoms with Crippen molar-refractivity contribution in [2.75, 3.05) is 32.8 Å². The number of nitrogens with one attached hydrogen (secondary N) is 1. The Morgan fingerprint density at radius 1 is 1.05 bits per heavy atom. The molecule has 0 atom stereocenters. The number of thioether (sulfide) groups is 1. The minimum absolute atomic E-state index is 0.606. The van der Waals surface area contributed by atoms with E-state index in [1.165, 1.54) is 24.3 Å². The molecule has 0 radical (unpaired) electrons. The normalized spacial score (nSPS) is 15.9. The average molecular weight is 297 g/mol. The van der Waals surface area contributed by atoms with Gasteiger partial charge in [0.15, 0.2) is 11.5 Å². The Morgan fingerprint density at radius 3 is 2.35 bits per heavy atom. The molecule has 1 aromatic carbocycles. The molecule has 1 fully saturated rings. The highest BCUT2D eigenvalue weighted by atomic mass is 32.2. The Morgan fingerprint density at radius 2 is 1.75 bits per heavy atom. The Labute approximate surface area is 125 Å². The lowest BCUT2D eigenvalue weighted by atomic mass is 10.1. The zero-order chi connectivity index (χ0) is 14.4. The Hall–Kier alpha value is -1.07. The summed E-state index contributed by atoms with van der Waals surface area (Å²) in [6, 6.07) is 4.56. The van der Waals surface area contributed by atoms with E-state index >= 15 is 0 Å². The van der Waals surface area contributed by atoms with Gasteiger partial charge in [0.2, 0.25) is 5.75 Å². The van der Waals surface area contributed by atoms with E-state index < -0.39 is 0 Å². The standard InChI is InChI=1S/C15H23NO3S/c1-17-13-5-4-11(14(18-2)15(13)19-3)10-16-12-6-8-20-9-7-12/h4-5,12,16H,6-10H2,1-3H3. The monoisotopic (exact) mass is 297 g/mol. The van der Waals surface area contributed by atoms with Crippen molar-refractivity contribution in [1.29, 1.82) is 0 Å². The van der Waals surface area contributed by atoms with Gasteiger partial charge in [-0.05, 0) is 30.4 Å². The molecule has 1 saturated heterocycles. The van der Waals surface area contributed by atoms with E-state index in [0.29, 0.717) is 17.5 Å². The predicted molar refractivity (Wildman–Crippen MR) is 83.3 cm³/mol. The quantitative estimate of drug-likeness (QED) is 0.874. The molecule has 1 aliphatic heterocycles. The van der Waals surface area contributed by atoms with Crippen molar-refractivity contribution in [2.45, 2.75) is 25.4 Å². The van der Waals surface area contributed by atoms with Crippen molar-refractivity contribution in [2.24, 2.45) is 0 Å². The van der Waals surface area contributed by atoms with Crippen molar-refractivity contribution < 1.29 is 14.2 Å². The van der Waals surface area contributed by atoms with Gasteiger partial charge in [0.25, 0.3) is 0 Å². The van der Waals surface area contributed by atoms with Crippen LogP contribution in [0.4, 0.5) is 0 Å². The molecule has 0 amide bonds. The van der Waals surface area contributed by atoms with Gasteiger partial charge >= 0.3 is 0 Å². The summed E-state index contributed by atoms with van der Waals surface area (Å²) in [7, 11) is 4.93. The van der Waals surface area contributed by atoms with E-state index in [-0.39, 0.29) is 0 Å². The first-order valence-electron chi connectivity index (χ1n) is 6.89. The molecule has 0 aliphatic carbocycles. The van der Waals surface area contributed by atoms with Crippen molar-refractivity contribution in [3.05, 3.63) is 17.7 Å². The molecular weight excluding hydrogens is 274 g/mol. The van der Waals surface area contributed by atoms with Crippen LogP contribution in [0.25, 0.3) is 0 Å². The molecule has 1 aromatic rings. The fourth-order valence-electron chi connectivity index (χ4n) is 2.46. The first kappa shape index (κ1) is 15.3. The Balaban J connectivity index is 2.10. The molecule has 0 saturated carbocycles. The van der Waals surface area contributed by atoms with Gasteiger partial charge in [0, 0.05) is 18.2 Å². The van der Waals surface area contributed by atoms with Crippen LogP contribution in [0.2, 0.25) is 0 Å². The second-order valence-corrected chi connectivity index (χ2v) is 5.99. The molecule has 1 N–H and O–H groups in total. The Bertz CT molecular complexity index is 433. The molecule has 0 unspecified atom stereocenters. The van der Waals surface area contributed by atoms with Gasteiger partial charge in [0.05, 0.1) is 21.3 Å². The lowest BCUT2D eigenvalue weighted by Gasteiger charge is -2.23. The summed E-state index contributed by atoms with van der Waals surface area (Å²) in [5, 5.41) is 3.61. The van der Waals surface area contributed by atoms with Crippen LogP contribution < -0.4 is 19.5 Å². The van der Waals surface area contributed by atoms with Gasteiger partial charge in [-0.15, -0.1) is 0 Å². The first-order chi connectivity index (χ1) is 9.80. The SMILES string of the molecule is COc1ccc(CNC2CCSCC2)c(OC)c1OC. The summed E-state index contributed by atoms with van der Waals surface area (Å²) >= 11 is 2.04.